The highest BCUT2D eigenvalue weighted by atomic mass is 19.1. The minimum absolute atomic E-state index is 0.132. The average Bonchev–Trinajstić information content (AvgIpc) is 3.42. The topological polar surface area (TPSA) is 54.0 Å². The van der Waals surface area contributed by atoms with Crippen molar-refractivity contribution >= 4 is 6.41 Å². The van der Waals surface area contributed by atoms with Crippen LogP contribution in [-0.2, 0) is 4.79 Å². The molecule has 1 amide bonds. The van der Waals surface area contributed by atoms with Crippen LogP contribution in [0.3, 0.4) is 0 Å². The van der Waals surface area contributed by atoms with Crippen molar-refractivity contribution in [2.45, 2.75) is 38.5 Å². The molecule has 5 heteroatoms. The van der Waals surface area contributed by atoms with Crippen molar-refractivity contribution in [3.8, 4) is 11.3 Å². The van der Waals surface area contributed by atoms with Gasteiger partial charge in [0.05, 0.1) is 11.4 Å². The number of rotatable bonds is 9. The predicted octanol–water partition coefficient (Wildman–Crippen LogP) is 4.86. The first kappa shape index (κ1) is 22.2. The molecule has 4 nitrogen and oxygen atoms in total. The maximum Gasteiger partial charge on any atom is 0.207 e. The fourth-order valence-electron chi connectivity index (χ4n) is 4.68. The van der Waals surface area contributed by atoms with Crippen molar-refractivity contribution in [2.24, 2.45) is 0 Å². The van der Waals surface area contributed by atoms with Crippen molar-refractivity contribution in [1.82, 2.24) is 15.6 Å². The van der Waals surface area contributed by atoms with E-state index in [-0.39, 0.29) is 17.7 Å². The number of benzene rings is 2. The van der Waals surface area contributed by atoms with E-state index in [1.165, 1.54) is 5.56 Å². The number of carbonyl (C=O) groups excluding carboxylic acids is 1. The van der Waals surface area contributed by atoms with Gasteiger partial charge in [-0.2, -0.15) is 0 Å². The Morgan fingerprint density at radius 3 is 2.53 bits per heavy atom. The molecule has 166 valence electrons. The molecular formula is C27H30FN3O. The van der Waals surface area contributed by atoms with Crippen LogP contribution in [0.1, 0.15) is 65.1 Å². The van der Waals surface area contributed by atoms with E-state index >= 15 is 4.39 Å². The van der Waals surface area contributed by atoms with E-state index in [9.17, 15) is 4.79 Å². The predicted molar refractivity (Wildman–Crippen MR) is 127 cm³/mol. The Morgan fingerprint density at radius 2 is 1.84 bits per heavy atom. The molecule has 0 radical (unpaired) electrons. The monoisotopic (exact) mass is 431 g/mol. The lowest BCUT2D eigenvalue weighted by Gasteiger charge is -2.23. The van der Waals surface area contributed by atoms with E-state index in [2.05, 4.69) is 30.5 Å². The van der Waals surface area contributed by atoms with Gasteiger partial charge in [-0.15, -0.1) is 0 Å². The summed E-state index contributed by atoms with van der Waals surface area (Å²) < 4.78 is 15.2. The van der Waals surface area contributed by atoms with Crippen LogP contribution < -0.4 is 10.6 Å². The number of amides is 1. The number of halogens is 1. The van der Waals surface area contributed by atoms with E-state index in [1.807, 2.05) is 50.4 Å². The smallest absolute Gasteiger partial charge is 0.207 e. The van der Waals surface area contributed by atoms with Gasteiger partial charge in [0.15, 0.2) is 0 Å². The molecule has 0 bridgehead atoms. The Bertz CT molecular complexity index is 1130. The van der Waals surface area contributed by atoms with Crippen LogP contribution in [0.2, 0.25) is 0 Å². The van der Waals surface area contributed by atoms with Crippen LogP contribution in [-0.4, -0.2) is 31.5 Å². The molecule has 1 heterocycles. The van der Waals surface area contributed by atoms with Gasteiger partial charge in [-0.05, 0) is 65.9 Å². The molecule has 0 saturated carbocycles. The largest absolute Gasteiger partial charge is 0.358 e. The van der Waals surface area contributed by atoms with Crippen molar-refractivity contribution in [3.05, 3.63) is 87.9 Å². The van der Waals surface area contributed by atoms with E-state index in [0.29, 0.717) is 30.1 Å². The van der Waals surface area contributed by atoms with Crippen molar-refractivity contribution in [2.75, 3.05) is 20.1 Å². The van der Waals surface area contributed by atoms with Gasteiger partial charge in [-0.25, -0.2) is 4.39 Å². The molecular weight excluding hydrogens is 401 g/mol. The lowest BCUT2D eigenvalue weighted by Crippen LogP contribution is -2.23. The Kier molecular flexibility index (Phi) is 6.38. The minimum Gasteiger partial charge on any atom is -0.358 e. The number of hydrogen-bond acceptors (Lipinski definition) is 3. The van der Waals surface area contributed by atoms with Gasteiger partial charge in [-0.3, -0.25) is 9.78 Å². The first-order valence-corrected chi connectivity index (χ1v) is 11.2. The number of nitrogens with one attached hydrogen (secondary N) is 2. The van der Waals surface area contributed by atoms with Gasteiger partial charge in [0, 0.05) is 30.5 Å². The lowest BCUT2D eigenvalue weighted by molar-refractivity contribution is -0.109. The molecule has 1 aliphatic carbocycles. The fraction of sp³-hybridized carbons (Fsp3) is 0.333. The second-order valence-electron chi connectivity index (χ2n) is 8.74. The summed E-state index contributed by atoms with van der Waals surface area (Å²) in [5.41, 5.74) is 7.56. The molecule has 0 aliphatic heterocycles. The Morgan fingerprint density at radius 1 is 1.12 bits per heavy atom. The SMILES string of the molecule is CNCC(C)c1cc(C(CNC=O)c2ccccc2)nc(-c2cc3c(cc2F)C3C)c1C. The number of fused-ring (bicyclic) bond motifs is 1. The van der Waals surface area contributed by atoms with Crippen LogP contribution in [0.5, 0.6) is 0 Å². The molecule has 4 rings (SSSR count). The lowest BCUT2D eigenvalue weighted by atomic mass is 9.88. The number of pyridine rings is 1. The zero-order valence-corrected chi connectivity index (χ0v) is 19.1. The molecule has 1 aromatic heterocycles. The van der Waals surface area contributed by atoms with Crippen LogP contribution in [0.15, 0.2) is 48.5 Å². The molecule has 3 aromatic rings. The highest BCUT2D eigenvalue weighted by molar-refractivity contribution is 5.71. The number of nitrogens with zero attached hydrogens (tertiary/aromatic N) is 1. The Balaban J connectivity index is 1.90. The maximum absolute atomic E-state index is 15.2. The number of carbonyl (C=O) groups is 1. The molecule has 1 aliphatic rings. The second-order valence-corrected chi connectivity index (χ2v) is 8.74. The van der Waals surface area contributed by atoms with E-state index < -0.39 is 0 Å². The van der Waals surface area contributed by atoms with Crippen molar-refractivity contribution < 1.29 is 9.18 Å². The number of aromatic nitrogens is 1. The van der Waals surface area contributed by atoms with Gasteiger partial charge in [0.25, 0.3) is 0 Å². The normalized spacial score (nSPS) is 16.2. The summed E-state index contributed by atoms with van der Waals surface area (Å²) in [5, 5.41) is 6.07. The minimum atomic E-state index is -0.227. The van der Waals surface area contributed by atoms with Gasteiger partial charge in [-0.1, -0.05) is 44.2 Å². The third kappa shape index (κ3) is 4.17. The third-order valence-corrected chi connectivity index (χ3v) is 6.62. The van der Waals surface area contributed by atoms with Crippen molar-refractivity contribution in [3.63, 3.8) is 0 Å². The molecule has 32 heavy (non-hydrogen) atoms. The molecule has 0 spiro atoms. The summed E-state index contributed by atoms with van der Waals surface area (Å²) in [6.07, 6.45) is 0.712. The highest BCUT2D eigenvalue weighted by Gasteiger charge is 2.31. The first-order valence-electron chi connectivity index (χ1n) is 11.2. The summed E-state index contributed by atoms with van der Waals surface area (Å²) >= 11 is 0. The quantitative estimate of drug-likeness (QED) is 0.476. The average molecular weight is 432 g/mol. The van der Waals surface area contributed by atoms with Gasteiger partial charge in [0.1, 0.15) is 5.82 Å². The highest BCUT2D eigenvalue weighted by Crippen LogP contribution is 2.46. The number of likely N-dealkylation sites (N-methyl/N-ethyl adjacent to an activating group) is 1. The fourth-order valence-corrected chi connectivity index (χ4v) is 4.68. The van der Waals surface area contributed by atoms with E-state index in [4.69, 9.17) is 4.98 Å². The van der Waals surface area contributed by atoms with Crippen LogP contribution >= 0.6 is 0 Å². The molecule has 2 N–H and O–H groups in total. The summed E-state index contributed by atoms with van der Waals surface area (Å²) in [5.74, 6) is 0.183. The molecule has 0 saturated heterocycles. The zero-order chi connectivity index (χ0) is 22.8. The molecule has 2 aromatic carbocycles. The Labute approximate surface area is 189 Å². The van der Waals surface area contributed by atoms with Gasteiger partial charge >= 0.3 is 0 Å². The van der Waals surface area contributed by atoms with Crippen molar-refractivity contribution in [1.29, 1.82) is 0 Å². The van der Waals surface area contributed by atoms with E-state index in [0.717, 1.165) is 34.5 Å². The van der Waals surface area contributed by atoms with Crippen LogP contribution in [0, 0.1) is 12.7 Å². The molecule has 3 atom stereocenters. The summed E-state index contributed by atoms with van der Waals surface area (Å²) in [6.45, 7) is 7.52. The van der Waals surface area contributed by atoms with Gasteiger partial charge < -0.3 is 10.6 Å². The van der Waals surface area contributed by atoms with Gasteiger partial charge in [0.2, 0.25) is 6.41 Å². The van der Waals surface area contributed by atoms with Crippen LogP contribution in [0.4, 0.5) is 4.39 Å². The Hall–Kier alpha value is -3.05. The maximum atomic E-state index is 15.2. The molecule has 0 fully saturated rings. The summed E-state index contributed by atoms with van der Waals surface area (Å²) in [6, 6.07) is 15.8. The zero-order valence-electron chi connectivity index (χ0n) is 19.1. The summed E-state index contributed by atoms with van der Waals surface area (Å²) in [7, 11) is 1.93. The molecule has 3 unspecified atom stereocenters. The van der Waals surface area contributed by atoms with Crippen LogP contribution in [0.25, 0.3) is 11.3 Å². The standard InChI is InChI=1S/C27H30FN3O/c1-16(13-29-4)20-12-26(24(14-30-15-32)19-8-6-5-7-9-19)31-27(18(20)3)23-10-21-17(2)22(21)11-25(23)28/h5-12,15-17,24,29H,13-14H2,1-4H3,(H,30,32). The second kappa shape index (κ2) is 9.21. The third-order valence-electron chi connectivity index (χ3n) is 6.62. The summed E-state index contributed by atoms with van der Waals surface area (Å²) in [4.78, 5) is 16.1. The first-order chi connectivity index (χ1) is 15.5. The van der Waals surface area contributed by atoms with E-state index in [1.54, 1.807) is 6.07 Å². The number of hydrogen-bond donors (Lipinski definition) is 2.